The fourth-order valence-electron chi connectivity index (χ4n) is 4.28. The van der Waals surface area contributed by atoms with E-state index in [0.29, 0.717) is 28.5 Å². The molecular formula is C26H22N4O4. The number of benzene rings is 3. The number of aryl methyl sites for hydroxylation is 2. The van der Waals surface area contributed by atoms with Gasteiger partial charge in [-0.3, -0.25) is 14.7 Å². The van der Waals surface area contributed by atoms with Crippen molar-refractivity contribution in [1.29, 1.82) is 0 Å². The molecule has 0 spiro atoms. The molecule has 0 bridgehead atoms. The summed E-state index contributed by atoms with van der Waals surface area (Å²) in [5, 5.41) is 13.6. The number of aromatic nitrogens is 2. The Kier molecular flexibility index (Phi) is 5.55. The number of carbonyl (C=O) groups excluding carboxylic acids is 2. The molecule has 8 heteroatoms. The molecular weight excluding hydrogens is 432 g/mol. The van der Waals surface area contributed by atoms with Crippen molar-refractivity contribution >= 4 is 28.9 Å². The standard InChI is InChI=1S/C26H22N4O4/c1-15(31)34-23-11-6-16(12-24(23)33-2)14-27-30-26(32)22-13-21(28-29-22)19-10-9-18-8-7-17-4-3-5-20(19)25(17)18/h3-6,9-14H,7-8H2,1-2H3,(H,28,29)(H,30,32). The van der Waals surface area contributed by atoms with Gasteiger partial charge in [0, 0.05) is 12.5 Å². The minimum Gasteiger partial charge on any atom is -0.493 e. The second kappa shape index (κ2) is 8.82. The Morgan fingerprint density at radius 2 is 1.88 bits per heavy atom. The zero-order valence-corrected chi connectivity index (χ0v) is 18.7. The summed E-state index contributed by atoms with van der Waals surface area (Å²) in [6, 6.07) is 17.2. The summed E-state index contributed by atoms with van der Waals surface area (Å²) >= 11 is 0. The van der Waals surface area contributed by atoms with Crippen molar-refractivity contribution in [2.24, 2.45) is 5.10 Å². The van der Waals surface area contributed by atoms with Crippen LogP contribution in [0.25, 0.3) is 22.0 Å². The van der Waals surface area contributed by atoms with E-state index in [0.717, 1.165) is 23.8 Å². The van der Waals surface area contributed by atoms with Crippen LogP contribution < -0.4 is 14.9 Å². The predicted octanol–water partition coefficient (Wildman–Crippen LogP) is 4.03. The van der Waals surface area contributed by atoms with E-state index in [1.165, 1.54) is 36.8 Å². The molecule has 1 aliphatic rings. The maximum atomic E-state index is 12.6. The van der Waals surface area contributed by atoms with Gasteiger partial charge in [0.1, 0.15) is 5.69 Å². The predicted molar refractivity (Wildman–Crippen MR) is 128 cm³/mol. The first kappa shape index (κ1) is 21.4. The van der Waals surface area contributed by atoms with E-state index in [1.54, 1.807) is 24.3 Å². The molecule has 8 nitrogen and oxygen atoms in total. The van der Waals surface area contributed by atoms with Gasteiger partial charge in [-0.1, -0.05) is 30.3 Å². The monoisotopic (exact) mass is 454 g/mol. The quantitative estimate of drug-likeness (QED) is 0.198. The first-order chi connectivity index (χ1) is 16.5. The number of rotatable bonds is 6. The van der Waals surface area contributed by atoms with E-state index < -0.39 is 11.9 Å². The van der Waals surface area contributed by atoms with Gasteiger partial charge < -0.3 is 9.47 Å². The summed E-state index contributed by atoms with van der Waals surface area (Å²) in [6.07, 6.45) is 3.58. The summed E-state index contributed by atoms with van der Waals surface area (Å²) in [6.45, 7) is 1.32. The van der Waals surface area contributed by atoms with Crippen LogP contribution >= 0.6 is 0 Å². The summed E-state index contributed by atoms with van der Waals surface area (Å²) in [5.74, 6) is -0.161. The van der Waals surface area contributed by atoms with Crippen LogP contribution in [0.15, 0.2) is 59.7 Å². The Labute approximate surface area is 195 Å². The first-order valence-corrected chi connectivity index (χ1v) is 10.8. The number of H-pyrrole nitrogens is 1. The maximum absolute atomic E-state index is 12.6. The molecule has 0 radical (unpaired) electrons. The van der Waals surface area contributed by atoms with Gasteiger partial charge in [-0.15, -0.1) is 0 Å². The Bertz CT molecular complexity index is 1440. The molecule has 5 rings (SSSR count). The fourth-order valence-corrected chi connectivity index (χ4v) is 4.28. The zero-order chi connectivity index (χ0) is 23.7. The molecule has 0 fully saturated rings. The van der Waals surface area contributed by atoms with Gasteiger partial charge in [0.2, 0.25) is 0 Å². The van der Waals surface area contributed by atoms with E-state index in [9.17, 15) is 9.59 Å². The van der Waals surface area contributed by atoms with Crippen molar-refractivity contribution in [3.05, 3.63) is 77.0 Å². The molecule has 1 aliphatic carbocycles. The van der Waals surface area contributed by atoms with Crippen LogP contribution in [0.4, 0.5) is 0 Å². The molecule has 0 unspecified atom stereocenters. The molecule has 0 aliphatic heterocycles. The Morgan fingerprint density at radius 3 is 2.68 bits per heavy atom. The third-order valence-corrected chi connectivity index (χ3v) is 5.80. The van der Waals surface area contributed by atoms with Crippen LogP contribution in [0.5, 0.6) is 11.5 Å². The number of hydrogen-bond donors (Lipinski definition) is 2. The number of amides is 1. The number of esters is 1. The van der Waals surface area contributed by atoms with Crippen LogP contribution in [0.2, 0.25) is 0 Å². The highest BCUT2D eigenvalue weighted by Crippen LogP contribution is 2.36. The maximum Gasteiger partial charge on any atom is 0.308 e. The van der Waals surface area contributed by atoms with Crippen LogP contribution in [-0.4, -0.2) is 35.4 Å². The molecule has 0 atom stereocenters. The number of nitrogens with one attached hydrogen (secondary N) is 2. The second-order valence-corrected chi connectivity index (χ2v) is 7.98. The second-order valence-electron chi connectivity index (χ2n) is 7.98. The van der Waals surface area contributed by atoms with Crippen molar-refractivity contribution < 1.29 is 19.1 Å². The normalized spacial score (nSPS) is 12.3. The summed E-state index contributed by atoms with van der Waals surface area (Å²) in [5.41, 5.74) is 7.86. The van der Waals surface area contributed by atoms with E-state index in [2.05, 4.69) is 51.1 Å². The lowest BCUT2D eigenvalue weighted by Crippen LogP contribution is -2.18. The van der Waals surface area contributed by atoms with Crippen LogP contribution in [-0.2, 0) is 17.6 Å². The van der Waals surface area contributed by atoms with Gasteiger partial charge in [-0.25, -0.2) is 5.43 Å². The molecule has 34 heavy (non-hydrogen) atoms. The summed E-state index contributed by atoms with van der Waals surface area (Å²) < 4.78 is 10.3. The van der Waals surface area contributed by atoms with Crippen LogP contribution in [0, 0.1) is 0 Å². The van der Waals surface area contributed by atoms with Gasteiger partial charge >= 0.3 is 5.97 Å². The number of hydrazone groups is 1. The molecule has 4 aromatic rings. The van der Waals surface area contributed by atoms with Crippen LogP contribution in [0.3, 0.4) is 0 Å². The van der Waals surface area contributed by atoms with Crippen molar-refractivity contribution in [2.75, 3.05) is 7.11 Å². The number of methoxy groups -OCH3 is 1. The Hall–Kier alpha value is -4.46. The Morgan fingerprint density at radius 1 is 1.06 bits per heavy atom. The number of aromatic amines is 1. The molecule has 0 saturated heterocycles. The van der Waals surface area contributed by atoms with Crippen molar-refractivity contribution in [3.8, 4) is 22.8 Å². The third-order valence-electron chi connectivity index (χ3n) is 5.80. The minimum atomic E-state index is -0.442. The molecule has 1 heterocycles. The smallest absolute Gasteiger partial charge is 0.308 e. The largest absolute Gasteiger partial charge is 0.493 e. The molecule has 1 aromatic heterocycles. The number of carbonyl (C=O) groups is 2. The highest BCUT2D eigenvalue weighted by atomic mass is 16.6. The molecule has 170 valence electrons. The van der Waals surface area contributed by atoms with E-state index in [4.69, 9.17) is 9.47 Å². The first-order valence-electron chi connectivity index (χ1n) is 10.8. The zero-order valence-electron chi connectivity index (χ0n) is 18.7. The van der Waals surface area contributed by atoms with Crippen molar-refractivity contribution in [2.45, 2.75) is 19.8 Å². The topological polar surface area (TPSA) is 106 Å². The number of ether oxygens (including phenoxy) is 2. The lowest BCUT2D eigenvalue weighted by molar-refractivity contribution is -0.132. The fraction of sp³-hybridized carbons (Fsp3) is 0.154. The van der Waals surface area contributed by atoms with E-state index in [-0.39, 0.29) is 0 Å². The Balaban J connectivity index is 1.32. The molecule has 3 aromatic carbocycles. The highest BCUT2D eigenvalue weighted by Gasteiger charge is 2.18. The third kappa shape index (κ3) is 4.01. The average molecular weight is 454 g/mol. The van der Waals surface area contributed by atoms with Gasteiger partial charge in [-0.05, 0) is 64.6 Å². The summed E-state index contributed by atoms with van der Waals surface area (Å²) in [4.78, 5) is 23.8. The number of hydrogen-bond acceptors (Lipinski definition) is 6. The van der Waals surface area contributed by atoms with Gasteiger partial charge in [-0.2, -0.15) is 10.2 Å². The van der Waals surface area contributed by atoms with E-state index in [1.807, 2.05) is 0 Å². The molecule has 0 saturated carbocycles. The average Bonchev–Trinajstić information content (AvgIpc) is 3.49. The minimum absolute atomic E-state index is 0.304. The molecule has 1 amide bonds. The van der Waals surface area contributed by atoms with E-state index >= 15 is 0 Å². The van der Waals surface area contributed by atoms with Crippen molar-refractivity contribution in [3.63, 3.8) is 0 Å². The lowest BCUT2D eigenvalue weighted by Gasteiger charge is -2.08. The van der Waals surface area contributed by atoms with Crippen molar-refractivity contribution in [1.82, 2.24) is 15.6 Å². The highest BCUT2D eigenvalue weighted by molar-refractivity contribution is 6.02. The van der Waals surface area contributed by atoms with Gasteiger partial charge in [0.25, 0.3) is 5.91 Å². The lowest BCUT2D eigenvalue weighted by atomic mass is 9.98. The number of nitrogens with zero attached hydrogens (tertiary/aromatic N) is 2. The summed E-state index contributed by atoms with van der Waals surface area (Å²) in [7, 11) is 1.48. The van der Waals surface area contributed by atoms with Crippen LogP contribution in [0.1, 0.15) is 34.1 Å². The van der Waals surface area contributed by atoms with Gasteiger partial charge in [0.05, 0.1) is 19.0 Å². The SMILES string of the molecule is COc1cc(C=NNC(=O)c2cc(-c3ccc4c5c(cccc35)CC4)n[nH]2)ccc1OC(C)=O. The molecule has 2 N–H and O–H groups in total. The van der Waals surface area contributed by atoms with Gasteiger partial charge in [0.15, 0.2) is 11.5 Å².